The van der Waals surface area contributed by atoms with Crippen molar-refractivity contribution in [2.75, 3.05) is 19.0 Å². The molecule has 1 N–H and O–H groups in total. The highest BCUT2D eigenvalue weighted by Crippen LogP contribution is 2.25. The molecule has 1 aliphatic heterocycles. The Hall–Kier alpha value is -3.58. The first-order valence-electron chi connectivity index (χ1n) is 10.4. The van der Waals surface area contributed by atoms with Gasteiger partial charge in [0.15, 0.2) is 6.10 Å². The highest BCUT2D eigenvalue weighted by molar-refractivity contribution is 6.31. The van der Waals surface area contributed by atoms with Crippen LogP contribution in [0.25, 0.3) is 0 Å². The van der Waals surface area contributed by atoms with Crippen molar-refractivity contribution in [2.45, 2.75) is 19.1 Å². The topological polar surface area (TPSA) is 63.2 Å². The molecule has 33 heavy (non-hydrogen) atoms. The highest BCUT2D eigenvalue weighted by atomic mass is 35.5. The lowest BCUT2D eigenvalue weighted by Gasteiger charge is -2.26. The number of urea groups is 1. The minimum atomic E-state index is -0.351. The number of amides is 2. The predicted molar refractivity (Wildman–Crippen MR) is 126 cm³/mol. The van der Waals surface area contributed by atoms with E-state index in [-0.39, 0.29) is 31.0 Å². The minimum Gasteiger partial charge on any atom is -0.495 e. The van der Waals surface area contributed by atoms with Gasteiger partial charge in [-0.15, -0.1) is 0 Å². The Morgan fingerprint density at radius 1 is 1.15 bits per heavy atom. The standard InChI is InChI=1S/C25H23ClFN3O3/c1-32-24-9-5-4-8-22(24)28-25(31)30(15-18-6-2-3-7-21(18)26)16-20-14-23(29-33-20)17-10-12-19(27)13-11-17/h2-13,20H,14-16H2,1H3,(H,28,31). The van der Waals surface area contributed by atoms with Crippen LogP contribution in [0.2, 0.25) is 5.02 Å². The molecule has 3 aromatic rings. The van der Waals surface area contributed by atoms with E-state index < -0.39 is 0 Å². The van der Waals surface area contributed by atoms with Crippen molar-refractivity contribution in [1.29, 1.82) is 0 Å². The van der Waals surface area contributed by atoms with Gasteiger partial charge in [-0.3, -0.25) is 0 Å². The Balaban J connectivity index is 1.50. The van der Waals surface area contributed by atoms with Gasteiger partial charge in [-0.2, -0.15) is 0 Å². The Labute approximate surface area is 196 Å². The summed E-state index contributed by atoms with van der Waals surface area (Å²) in [7, 11) is 1.55. The fraction of sp³-hybridized carbons (Fsp3) is 0.200. The van der Waals surface area contributed by atoms with Crippen LogP contribution in [0.4, 0.5) is 14.9 Å². The van der Waals surface area contributed by atoms with Gasteiger partial charge in [0.25, 0.3) is 0 Å². The van der Waals surface area contributed by atoms with Crippen LogP contribution in [0.3, 0.4) is 0 Å². The summed E-state index contributed by atoms with van der Waals surface area (Å²) in [6, 6.07) is 20.3. The van der Waals surface area contributed by atoms with Gasteiger partial charge in [-0.05, 0) is 41.5 Å². The third-order valence-corrected chi connectivity index (χ3v) is 5.66. The van der Waals surface area contributed by atoms with Gasteiger partial charge in [0.05, 0.1) is 25.1 Å². The summed E-state index contributed by atoms with van der Waals surface area (Å²) in [5.74, 6) is 0.247. The first-order chi connectivity index (χ1) is 16.0. The lowest BCUT2D eigenvalue weighted by atomic mass is 10.0. The quantitative estimate of drug-likeness (QED) is 0.483. The van der Waals surface area contributed by atoms with Crippen LogP contribution in [-0.4, -0.2) is 36.4 Å². The maximum Gasteiger partial charge on any atom is 0.322 e. The Bertz CT molecular complexity index is 1150. The van der Waals surface area contributed by atoms with Gasteiger partial charge >= 0.3 is 6.03 Å². The molecular weight excluding hydrogens is 445 g/mol. The molecule has 0 spiro atoms. The summed E-state index contributed by atoms with van der Waals surface area (Å²) < 4.78 is 18.6. The van der Waals surface area contributed by atoms with Gasteiger partial charge in [0.1, 0.15) is 11.6 Å². The van der Waals surface area contributed by atoms with Crippen molar-refractivity contribution in [3.63, 3.8) is 0 Å². The van der Waals surface area contributed by atoms with E-state index in [4.69, 9.17) is 21.2 Å². The molecule has 3 aromatic carbocycles. The molecule has 6 nitrogen and oxygen atoms in total. The maximum atomic E-state index is 13.3. The van der Waals surface area contributed by atoms with Crippen molar-refractivity contribution in [1.82, 2.24) is 4.90 Å². The molecule has 0 fully saturated rings. The van der Waals surface area contributed by atoms with Crippen LogP contribution >= 0.6 is 11.6 Å². The van der Waals surface area contributed by atoms with Gasteiger partial charge in [0, 0.05) is 18.0 Å². The Kier molecular flexibility index (Phi) is 7.10. The molecule has 0 aromatic heterocycles. The van der Waals surface area contributed by atoms with Crippen LogP contribution in [0, 0.1) is 5.82 Å². The predicted octanol–water partition coefficient (Wildman–Crippen LogP) is 5.72. The first kappa shape index (κ1) is 22.6. The zero-order chi connectivity index (χ0) is 23.2. The molecule has 0 bridgehead atoms. The lowest BCUT2D eigenvalue weighted by Crippen LogP contribution is -2.40. The van der Waals surface area contributed by atoms with E-state index in [9.17, 15) is 9.18 Å². The summed E-state index contributed by atoms with van der Waals surface area (Å²) in [6.45, 7) is 0.562. The molecule has 0 saturated carbocycles. The maximum absolute atomic E-state index is 13.3. The largest absolute Gasteiger partial charge is 0.495 e. The summed E-state index contributed by atoms with van der Waals surface area (Å²) in [6.07, 6.45) is 0.142. The Morgan fingerprint density at radius 3 is 2.64 bits per heavy atom. The number of methoxy groups -OCH3 is 1. The number of para-hydroxylation sites is 2. The van der Waals surface area contributed by atoms with E-state index in [0.29, 0.717) is 28.6 Å². The molecular formula is C25H23ClFN3O3. The van der Waals surface area contributed by atoms with Crippen LogP contribution < -0.4 is 10.1 Å². The van der Waals surface area contributed by atoms with E-state index in [1.54, 1.807) is 42.3 Å². The molecule has 1 aliphatic rings. The van der Waals surface area contributed by atoms with Crippen molar-refractivity contribution in [3.8, 4) is 5.75 Å². The summed E-state index contributed by atoms with van der Waals surface area (Å²) >= 11 is 6.35. The van der Waals surface area contributed by atoms with E-state index in [2.05, 4.69) is 10.5 Å². The highest BCUT2D eigenvalue weighted by Gasteiger charge is 2.27. The van der Waals surface area contributed by atoms with Crippen molar-refractivity contribution < 1.29 is 18.8 Å². The number of rotatable bonds is 7. The number of carbonyl (C=O) groups is 1. The molecule has 170 valence electrons. The summed E-state index contributed by atoms with van der Waals surface area (Å²) in [5.41, 5.74) is 2.87. The van der Waals surface area contributed by atoms with Crippen molar-refractivity contribution >= 4 is 29.0 Å². The third-order valence-electron chi connectivity index (χ3n) is 5.29. The number of oxime groups is 1. The average molecular weight is 468 g/mol. The number of anilines is 1. The molecule has 1 atom stereocenters. The number of ether oxygens (including phenoxy) is 1. The van der Waals surface area contributed by atoms with Crippen molar-refractivity contribution in [2.24, 2.45) is 5.16 Å². The molecule has 1 heterocycles. The normalized spacial score (nSPS) is 14.9. The van der Waals surface area contributed by atoms with Crippen LogP contribution in [0.1, 0.15) is 17.5 Å². The molecule has 8 heteroatoms. The lowest BCUT2D eigenvalue weighted by molar-refractivity contribution is 0.0608. The molecule has 0 saturated heterocycles. The summed E-state index contributed by atoms with van der Waals surface area (Å²) in [4.78, 5) is 20.5. The fourth-order valence-electron chi connectivity index (χ4n) is 3.58. The molecule has 0 radical (unpaired) electrons. The van der Waals surface area contributed by atoms with E-state index in [1.165, 1.54) is 12.1 Å². The zero-order valence-corrected chi connectivity index (χ0v) is 18.8. The number of hydrogen-bond acceptors (Lipinski definition) is 4. The zero-order valence-electron chi connectivity index (χ0n) is 18.0. The number of halogens is 2. The second-order valence-corrected chi connectivity index (χ2v) is 7.99. The number of benzene rings is 3. The average Bonchev–Trinajstić information content (AvgIpc) is 3.29. The van der Waals surface area contributed by atoms with E-state index >= 15 is 0 Å². The van der Waals surface area contributed by atoms with Crippen molar-refractivity contribution in [3.05, 3.63) is 94.8 Å². The van der Waals surface area contributed by atoms with Gasteiger partial charge in [-0.25, -0.2) is 9.18 Å². The minimum absolute atomic E-state index is 0.278. The smallest absolute Gasteiger partial charge is 0.322 e. The second-order valence-electron chi connectivity index (χ2n) is 7.58. The van der Waals surface area contributed by atoms with Crippen LogP contribution in [0.15, 0.2) is 78.0 Å². The Morgan fingerprint density at radius 2 is 1.88 bits per heavy atom. The summed E-state index contributed by atoms with van der Waals surface area (Å²) in [5, 5.41) is 7.64. The van der Waals surface area contributed by atoms with Crippen LogP contribution in [0.5, 0.6) is 5.75 Å². The number of carbonyl (C=O) groups excluding carboxylic acids is 1. The van der Waals surface area contributed by atoms with Crippen LogP contribution in [-0.2, 0) is 11.4 Å². The molecule has 1 unspecified atom stereocenters. The third kappa shape index (κ3) is 5.62. The molecule has 0 aliphatic carbocycles. The molecule has 4 rings (SSSR count). The SMILES string of the molecule is COc1ccccc1NC(=O)N(Cc1ccccc1Cl)CC1CC(c2ccc(F)cc2)=NO1. The number of hydrogen-bond donors (Lipinski definition) is 1. The van der Waals surface area contributed by atoms with E-state index in [0.717, 1.165) is 11.1 Å². The monoisotopic (exact) mass is 467 g/mol. The van der Waals surface area contributed by atoms with E-state index in [1.807, 2.05) is 30.3 Å². The second kappa shape index (κ2) is 10.4. The fourth-order valence-corrected chi connectivity index (χ4v) is 3.77. The first-order valence-corrected chi connectivity index (χ1v) is 10.8. The van der Waals surface area contributed by atoms with Gasteiger partial charge in [0.2, 0.25) is 0 Å². The number of nitrogens with zero attached hydrogens (tertiary/aromatic N) is 2. The van der Waals surface area contributed by atoms with Gasteiger partial charge in [-0.1, -0.05) is 59.2 Å². The van der Waals surface area contributed by atoms with Gasteiger partial charge < -0.3 is 19.8 Å². The number of nitrogens with one attached hydrogen (secondary N) is 1. The molecule has 2 amide bonds.